The van der Waals surface area contributed by atoms with Crippen molar-refractivity contribution in [3.63, 3.8) is 0 Å². The summed E-state index contributed by atoms with van der Waals surface area (Å²) < 4.78 is 22.9. The molecule has 12 heteroatoms. The van der Waals surface area contributed by atoms with Gasteiger partial charge in [-0.3, -0.25) is 4.79 Å². The van der Waals surface area contributed by atoms with E-state index in [9.17, 15) is 4.79 Å². The first-order chi connectivity index (χ1) is 19.8. The molecule has 2 N–H and O–H groups in total. The van der Waals surface area contributed by atoms with Crippen LogP contribution in [0.5, 0.6) is 23.5 Å². The highest BCUT2D eigenvalue weighted by molar-refractivity contribution is 7.04. The van der Waals surface area contributed by atoms with Gasteiger partial charge in [0.05, 0.1) is 30.4 Å². The number of rotatable bonds is 11. The van der Waals surface area contributed by atoms with Gasteiger partial charge in [-0.05, 0) is 57.2 Å². The molecule has 0 radical (unpaired) electrons. The van der Waals surface area contributed by atoms with Crippen molar-refractivity contribution in [1.82, 2.24) is 14.9 Å². The van der Waals surface area contributed by atoms with Gasteiger partial charge in [-0.1, -0.05) is 55.6 Å². The number of carbonyl (C=O) groups excluding carboxylic acids is 1. The zero-order valence-electron chi connectivity index (χ0n) is 26.6. The molecule has 3 heterocycles. The van der Waals surface area contributed by atoms with Crippen molar-refractivity contribution in [3.05, 3.63) is 35.6 Å². The number of ether oxygens (including phenoxy) is 3. The number of hydrogen-bond acceptors (Lipinski definition) is 9. The second-order valence-electron chi connectivity index (χ2n) is 12.6. The Morgan fingerprint density at radius 1 is 1.07 bits per heavy atom. The highest BCUT2D eigenvalue weighted by Gasteiger charge is 2.44. The van der Waals surface area contributed by atoms with E-state index in [1.165, 1.54) is 25.5 Å². The van der Waals surface area contributed by atoms with Crippen LogP contribution in [0.2, 0.25) is 37.8 Å². The molecular formula is C30H45N5O5Si2. The number of carbonyl (C=O) groups is 1. The maximum absolute atomic E-state index is 13.2. The molecule has 228 valence electrons. The number of benzene rings is 1. The Morgan fingerprint density at radius 3 is 2.36 bits per heavy atom. The van der Waals surface area contributed by atoms with E-state index in [4.69, 9.17) is 18.6 Å². The lowest BCUT2D eigenvalue weighted by Crippen LogP contribution is -2.65. The van der Waals surface area contributed by atoms with Crippen LogP contribution in [0.15, 0.2) is 28.7 Å². The van der Waals surface area contributed by atoms with Gasteiger partial charge in [-0.2, -0.15) is 9.97 Å². The largest absolute Gasteiger partial charge is 0.479 e. The topological polar surface area (TPSA) is 111 Å². The molecule has 0 saturated heterocycles. The van der Waals surface area contributed by atoms with E-state index in [0.29, 0.717) is 12.5 Å². The zero-order valence-corrected chi connectivity index (χ0v) is 28.6. The number of aromatic nitrogens is 2. The first-order valence-corrected chi connectivity index (χ1v) is 20.7. The second kappa shape index (κ2) is 12.5. The molecular weight excluding hydrogens is 567 g/mol. The van der Waals surface area contributed by atoms with Gasteiger partial charge in [0, 0.05) is 12.6 Å². The fraction of sp³-hybridized carbons (Fsp3) is 0.500. The van der Waals surface area contributed by atoms with E-state index < -0.39 is 22.1 Å². The Kier molecular flexibility index (Phi) is 9.38. The van der Waals surface area contributed by atoms with Crippen LogP contribution in [0.4, 0.5) is 11.6 Å². The van der Waals surface area contributed by atoms with Crippen molar-refractivity contribution in [1.29, 1.82) is 0 Å². The van der Waals surface area contributed by atoms with E-state index >= 15 is 0 Å². The second-order valence-corrected chi connectivity index (χ2v) is 22.3. The van der Waals surface area contributed by atoms with Gasteiger partial charge in [0.2, 0.25) is 17.7 Å². The molecule has 1 aliphatic heterocycles. The Morgan fingerprint density at radius 2 is 1.74 bits per heavy atom. The van der Waals surface area contributed by atoms with Gasteiger partial charge in [-0.15, -0.1) is 0 Å². The third-order valence-electron chi connectivity index (χ3n) is 8.34. The lowest BCUT2D eigenvalue weighted by atomic mass is 10.2. The lowest BCUT2D eigenvalue weighted by Gasteiger charge is -2.44. The maximum Gasteiger partial charge on any atom is 0.291 e. The van der Waals surface area contributed by atoms with Crippen LogP contribution in [0.25, 0.3) is 0 Å². The number of nitrogens with one attached hydrogen (secondary N) is 2. The predicted molar refractivity (Wildman–Crippen MR) is 173 cm³/mol. The molecule has 1 aliphatic rings. The smallest absolute Gasteiger partial charge is 0.291 e. The van der Waals surface area contributed by atoms with Crippen molar-refractivity contribution in [2.45, 2.75) is 58.0 Å². The molecule has 0 saturated carbocycles. The molecule has 42 heavy (non-hydrogen) atoms. The van der Waals surface area contributed by atoms with Gasteiger partial charge in [0.25, 0.3) is 11.9 Å². The van der Waals surface area contributed by atoms with Crippen LogP contribution in [0, 0.1) is 6.92 Å². The van der Waals surface area contributed by atoms with Crippen LogP contribution in [0.1, 0.15) is 29.5 Å². The molecule has 2 aromatic heterocycles. The van der Waals surface area contributed by atoms with Crippen LogP contribution in [-0.2, 0) is 0 Å². The van der Waals surface area contributed by atoms with Gasteiger partial charge in [0.1, 0.15) is 5.75 Å². The van der Waals surface area contributed by atoms with Crippen molar-refractivity contribution < 1.29 is 23.4 Å². The number of furan rings is 1. The summed E-state index contributed by atoms with van der Waals surface area (Å²) in [5.74, 6) is 1.27. The Hall–Kier alpha value is -3.36. The fourth-order valence-corrected chi connectivity index (χ4v) is 16.1. The molecule has 10 nitrogen and oxygen atoms in total. The molecule has 1 unspecified atom stereocenters. The first-order valence-electron chi connectivity index (χ1n) is 14.4. The SMILES string of the molecule is COc1nc(NCCCN(C)C)nc(OC)c1NC(=O)c1ccc(Oc2cc3c(cc2C)[Si](C)(C)C(C)C[Si]3(C)C)o1. The minimum atomic E-state index is -1.61. The van der Waals surface area contributed by atoms with Crippen LogP contribution >= 0.6 is 0 Å². The van der Waals surface area contributed by atoms with Crippen molar-refractivity contribution in [2.24, 2.45) is 0 Å². The van der Waals surface area contributed by atoms with Crippen molar-refractivity contribution in [2.75, 3.05) is 52.0 Å². The predicted octanol–water partition coefficient (Wildman–Crippen LogP) is 5.04. The Bertz CT molecular complexity index is 1410. The lowest BCUT2D eigenvalue weighted by molar-refractivity contribution is 0.0990. The highest BCUT2D eigenvalue weighted by Crippen LogP contribution is 2.37. The minimum Gasteiger partial charge on any atom is -0.479 e. The zero-order chi connectivity index (χ0) is 30.8. The van der Waals surface area contributed by atoms with Crippen molar-refractivity contribution >= 4 is 44.1 Å². The fourth-order valence-electron chi connectivity index (χ4n) is 5.57. The average molecular weight is 612 g/mol. The summed E-state index contributed by atoms with van der Waals surface area (Å²) in [5.41, 5.74) is 2.03. The van der Waals surface area contributed by atoms with Crippen LogP contribution in [0.3, 0.4) is 0 Å². The molecule has 0 spiro atoms. The number of methoxy groups -OCH3 is 2. The molecule has 0 aliphatic carbocycles. The van der Waals surface area contributed by atoms with Gasteiger partial charge in [0.15, 0.2) is 11.4 Å². The number of hydrogen-bond donors (Lipinski definition) is 2. The number of aryl methyl sites for hydroxylation is 1. The molecule has 1 aromatic carbocycles. The summed E-state index contributed by atoms with van der Waals surface area (Å²) in [6.07, 6.45) is 0.909. The Balaban J connectivity index is 1.52. The quantitative estimate of drug-likeness (QED) is 0.228. The molecule has 3 aromatic rings. The first kappa shape index (κ1) is 31.6. The summed E-state index contributed by atoms with van der Waals surface area (Å²) in [6.45, 7) is 15.9. The molecule has 0 fully saturated rings. The number of fused-ring (bicyclic) bond motifs is 1. The summed E-state index contributed by atoms with van der Waals surface area (Å²) in [5, 5.41) is 8.98. The van der Waals surface area contributed by atoms with Gasteiger partial charge >= 0.3 is 0 Å². The molecule has 0 bridgehead atoms. The standard InChI is InChI=1S/C30H45N5O5Si2/c1-19-16-24-23(41(7,8)18-20(2)42(24,9)10)17-22(19)40-25-13-12-21(39-25)27(36)32-26-28(37-5)33-30(34-29(26)38-6)31-14-11-15-35(3)4/h12-13,16-17,20H,11,14-15,18H2,1-10H3,(H,32,36)(H,31,33,34). The summed E-state index contributed by atoms with van der Waals surface area (Å²) in [6, 6.07) is 9.08. The molecule has 1 amide bonds. The maximum atomic E-state index is 13.2. The monoisotopic (exact) mass is 611 g/mol. The highest BCUT2D eigenvalue weighted by atomic mass is 28.3. The summed E-state index contributed by atoms with van der Waals surface area (Å²) in [4.78, 5) is 24.1. The Labute approximate surface area is 251 Å². The normalized spacial score (nSPS) is 17.0. The summed E-state index contributed by atoms with van der Waals surface area (Å²) >= 11 is 0. The van der Waals surface area contributed by atoms with E-state index in [1.54, 1.807) is 17.3 Å². The van der Waals surface area contributed by atoms with E-state index in [1.807, 2.05) is 14.1 Å². The molecule has 4 rings (SSSR count). The van der Waals surface area contributed by atoms with E-state index in [2.05, 4.69) is 77.7 Å². The van der Waals surface area contributed by atoms with Crippen LogP contribution < -0.4 is 35.2 Å². The number of amides is 1. The van der Waals surface area contributed by atoms with Crippen molar-refractivity contribution in [3.8, 4) is 23.5 Å². The third-order valence-corrected chi connectivity index (χ3v) is 17.0. The number of anilines is 2. The van der Waals surface area contributed by atoms with E-state index in [-0.39, 0.29) is 29.2 Å². The third kappa shape index (κ3) is 6.65. The van der Waals surface area contributed by atoms with Gasteiger partial charge < -0.3 is 34.2 Å². The minimum absolute atomic E-state index is 0.0766. The summed E-state index contributed by atoms with van der Waals surface area (Å²) in [7, 11) is 3.82. The number of nitrogens with zero attached hydrogens (tertiary/aromatic N) is 3. The van der Waals surface area contributed by atoms with Crippen LogP contribution in [-0.4, -0.2) is 78.3 Å². The van der Waals surface area contributed by atoms with Gasteiger partial charge in [-0.25, -0.2) is 0 Å². The average Bonchev–Trinajstić information content (AvgIpc) is 3.40. The van der Waals surface area contributed by atoms with E-state index in [0.717, 1.165) is 29.8 Å². The molecule has 1 atom stereocenters.